The molecule has 1 aromatic heterocycles. The van der Waals surface area contributed by atoms with E-state index in [-0.39, 0.29) is 5.38 Å². The summed E-state index contributed by atoms with van der Waals surface area (Å²) >= 11 is 12.4. The molecule has 0 aliphatic heterocycles. The SMILES string of the molecule is CC(C)Cn1c(C(C)Cl)nc2c(Cl)cccc21. The van der Waals surface area contributed by atoms with Crippen LogP contribution in [0.4, 0.5) is 0 Å². The summed E-state index contributed by atoms with van der Waals surface area (Å²) in [6.45, 7) is 7.20. The lowest BCUT2D eigenvalue weighted by molar-refractivity contribution is 0.517. The van der Waals surface area contributed by atoms with Crippen molar-refractivity contribution in [3.63, 3.8) is 0 Å². The van der Waals surface area contributed by atoms with Crippen LogP contribution < -0.4 is 0 Å². The van der Waals surface area contributed by atoms with Gasteiger partial charge in [-0.2, -0.15) is 0 Å². The van der Waals surface area contributed by atoms with Crippen LogP contribution in [-0.2, 0) is 6.54 Å². The standard InChI is InChI=1S/C13H16Cl2N2/c1-8(2)7-17-11-6-4-5-10(15)12(11)16-13(17)9(3)14/h4-6,8-9H,7H2,1-3H3. The van der Waals surface area contributed by atoms with Crippen LogP contribution in [0.15, 0.2) is 18.2 Å². The van der Waals surface area contributed by atoms with E-state index in [1.165, 1.54) is 0 Å². The minimum Gasteiger partial charge on any atom is -0.326 e. The Bertz CT molecular complexity index is 529. The van der Waals surface area contributed by atoms with Gasteiger partial charge in [0.2, 0.25) is 0 Å². The Labute approximate surface area is 112 Å². The van der Waals surface area contributed by atoms with Crippen molar-refractivity contribution in [3.8, 4) is 0 Å². The quantitative estimate of drug-likeness (QED) is 0.743. The molecule has 92 valence electrons. The number of imidazole rings is 1. The van der Waals surface area contributed by atoms with Crippen LogP contribution in [0.2, 0.25) is 5.02 Å². The molecule has 0 N–H and O–H groups in total. The predicted molar refractivity (Wildman–Crippen MR) is 73.8 cm³/mol. The number of alkyl halides is 1. The Kier molecular flexibility index (Phi) is 3.64. The molecule has 1 unspecified atom stereocenters. The van der Waals surface area contributed by atoms with Crippen LogP contribution in [-0.4, -0.2) is 9.55 Å². The number of nitrogens with zero attached hydrogens (tertiary/aromatic N) is 2. The minimum absolute atomic E-state index is 0.114. The molecular formula is C13H16Cl2N2. The molecule has 0 saturated carbocycles. The Balaban J connectivity index is 2.67. The fourth-order valence-electron chi connectivity index (χ4n) is 1.99. The van der Waals surface area contributed by atoms with Gasteiger partial charge in [-0.05, 0) is 25.0 Å². The van der Waals surface area contributed by atoms with Crippen LogP contribution in [0.25, 0.3) is 11.0 Å². The van der Waals surface area contributed by atoms with Crippen molar-refractivity contribution in [1.29, 1.82) is 0 Å². The van der Waals surface area contributed by atoms with Crippen molar-refractivity contribution in [1.82, 2.24) is 9.55 Å². The number of halogens is 2. The molecular weight excluding hydrogens is 255 g/mol. The van der Waals surface area contributed by atoms with Crippen LogP contribution >= 0.6 is 23.2 Å². The van der Waals surface area contributed by atoms with Gasteiger partial charge in [-0.3, -0.25) is 0 Å². The molecule has 1 aromatic carbocycles. The third kappa shape index (κ3) is 2.43. The van der Waals surface area contributed by atoms with Gasteiger partial charge in [0.25, 0.3) is 0 Å². The fraction of sp³-hybridized carbons (Fsp3) is 0.462. The largest absolute Gasteiger partial charge is 0.326 e. The summed E-state index contributed by atoms with van der Waals surface area (Å²) in [5.41, 5.74) is 1.91. The second kappa shape index (κ2) is 4.87. The summed E-state index contributed by atoms with van der Waals surface area (Å²) in [5.74, 6) is 1.43. The average molecular weight is 271 g/mol. The predicted octanol–water partition coefficient (Wildman–Crippen LogP) is 4.65. The van der Waals surface area contributed by atoms with E-state index >= 15 is 0 Å². The zero-order valence-electron chi connectivity index (χ0n) is 10.2. The molecule has 2 aromatic rings. The van der Waals surface area contributed by atoms with Crippen molar-refractivity contribution >= 4 is 34.2 Å². The van der Waals surface area contributed by atoms with Crippen molar-refractivity contribution in [2.24, 2.45) is 5.92 Å². The summed E-state index contributed by atoms with van der Waals surface area (Å²) in [6.07, 6.45) is 0. The van der Waals surface area contributed by atoms with Gasteiger partial charge in [0, 0.05) is 6.54 Å². The number of hydrogen-bond acceptors (Lipinski definition) is 1. The van der Waals surface area contributed by atoms with Gasteiger partial charge in [0.1, 0.15) is 11.3 Å². The Morgan fingerprint density at radius 2 is 2.00 bits per heavy atom. The number of para-hydroxylation sites is 1. The molecule has 0 saturated heterocycles. The summed E-state index contributed by atoms with van der Waals surface area (Å²) < 4.78 is 2.17. The maximum atomic E-state index is 6.19. The molecule has 1 atom stereocenters. The van der Waals surface area contributed by atoms with E-state index < -0.39 is 0 Å². The Hall–Kier alpha value is -0.730. The molecule has 2 rings (SSSR count). The van der Waals surface area contributed by atoms with Gasteiger partial charge < -0.3 is 4.57 Å². The summed E-state index contributed by atoms with van der Waals surface area (Å²) in [7, 11) is 0. The molecule has 0 spiro atoms. The lowest BCUT2D eigenvalue weighted by Crippen LogP contribution is -2.08. The highest BCUT2D eigenvalue weighted by Crippen LogP contribution is 2.29. The van der Waals surface area contributed by atoms with Crippen molar-refractivity contribution in [2.75, 3.05) is 0 Å². The number of benzene rings is 1. The zero-order chi connectivity index (χ0) is 12.6. The number of rotatable bonds is 3. The molecule has 1 heterocycles. The summed E-state index contributed by atoms with van der Waals surface area (Å²) in [6, 6.07) is 5.85. The first-order valence-corrected chi connectivity index (χ1v) is 6.61. The first-order chi connectivity index (χ1) is 8.00. The van der Waals surface area contributed by atoms with Crippen molar-refractivity contribution in [3.05, 3.63) is 29.0 Å². The van der Waals surface area contributed by atoms with Gasteiger partial charge in [-0.25, -0.2) is 4.98 Å². The average Bonchev–Trinajstić information content (AvgIpc) is 2.58. The lowest BCUT2D eigenvalue weighted by Gasteiger charge is -2.12. The smallest absolute Gasteiger partial charge is 0.127 e. The maximum Gasteiger partial charge on any atom is 0.127 e. The topological polar surface area (TPSA) is 17.8 Å². The lowest BCUT2D eigenvalue weighted by atomic mass is 10.2. The van der Waals surface area contributed by atoms with Crippen LogP contribution in [0.3, 0.4) is 0 Å². The molecule has 0 bridgehead atoms. The second-order valence-electron chi connectivity index (χ2n) is 4.70. The third-order valence-electron chi connectivity index (χ3n) is 2.66. The van der Waals surface area contributed by atoms with E-state index in [4.69, 9.17) is 23.2 Å². The molecule has 0 aliphatic carbocycles. The van der Waals surface area contributed by atoms with Crippen molar-refractivity contribution < 1.29 is 0 Å². The molecule has 17 heavy (non-hydrogen) atoms. The molecule has 0 fully saturated rings. The minimum atomic E-state index is -0.114. The number of hydrogen-bond donors (Lipinski definition) is 0. The van der Waals surface area contributed by atoms with Crippen LogP contribution in [0.5, 0.6) is 0 Å². The van der Waals surface area contributed by atoms with Gasteiger partial charge in [-0.15, -0.1) is 11.6 Å². The highest BCUT2D eigenvalue weighted by molar-refractivity contribution is 6.35. The first kappa shape index (κ1) is 12.7. The van der Waals surface area contributed by atoms with E-state index in [9.17, 15) is 0 Å². The Morgan fingerprint density at radius 3 is 2.59 bits per heavy atom. The number of aromatic nitrogens is 2. The second-order valence-corrected chi connectivity index (χ2v) is 5.76. The summed E-state index contributed by atoms with van der Waals surface area (Å²) in [5, 5.41) is 0.570. The highest BCUT2D eigenvalue weighted by atomic mass is 35.5. The van der Waals surface area contributed by atoms with Crippen molar-refractivity contribution in [2.45, 2.75) is 32.7 Å². The summed E-state index contributed by atoms with van der Waals surface area (Å²) in [4.78, 5) is 4.56. The van der Waals surface area contributed by atoms with Gasteiger partial charge >= 0.3 is 0 Å². The van der Waals surface area contributed by atoms with Crippen LogP contribution in [0, 0.1) is 5.92 Å². The zero-order valence-corrected chi connectivity index (χ0v) is 11.8. The number of fused-ring (bicyclic) bond motifs is 1. The third-order valence-corrected chi connectivity index (χ3v) is 3.16. The highest BCUT2D eigenvalue weighted by Gasteiger charge is 2.16. The van der Waals surface area contributed by atoms with E-state index in [1.807, 2.05) is 25.1 Å². The molecule has 0 aliphatic rings. The normalized spacial score (nSPS) is 13.5. The monoisotopic (exact) mass is 270 g/mol. The maximum absolute atomic E-state index is 6.19. The molecule has 0 amide bonds. The van der Waals surface area contributed by atoms with E-state index in [1.54, 1.807) is 0 Å². The van der Waals surface area contributed by atoms with E-state index in [0.717, 1.165) is 23.4 Å². The fourth-order valence-corrected chi connectivity index (χ4v) is 2.37. The van der Waals surface area contributed by atoms with Gasteiger partial charge in [0.05, 0.1) is 15.9 Å². The molecule has 2 nitrogen and oxygen atoms in total. The van der Waals surface area contributed by atoms with Crippen LogP contribution in [0.1, 0.15) is 32.0 Å². The molecule has 0 radical (unpaired) electrons. The van der Waals surface area contributed by atoms with E-state index in [0.29, 0.717) is 10.9 Å². The van der Waals surface area contributed by atoms with E-state index in [2.05, 4.69) is 23.4 Å². The first-order valence-electron chi connectivity index (χ1n) is 5.79. The van der Waals surface area contributed by atoms with Gasteiger partial charge in [0.15, 0.2) is 0 Å². The van der Waals surface area contributed by atoms with Gasteiger partial charge in [-0.1, -0.05) is 31.5 Å². The molecule has 4 heteroatoms. The Morgan fingerprint density at radius 1 is 1.29 bits per heavy atom.